The normalized spacial score (nSPS) is 30.3. The van der Waals surface area contributed by atoms with Crippen LogP contribution in [0.15, 0.2) is 0 Å². The van der Waals surface area contributed by atoms with Gasteiger partial charge < -0.3 is 20.2 Å². The van der Waals surface area contributed by atoms with Gasteiger partial charge in [-0.15, -0.1) is 0 Å². The Morgan fingerprint density at radius 2 is 2.14 bits per heavy atom. The van der Waals surface area contributed by atoms with Crippen LogP contribution in [0.4, 0.5) is 0 Å². The number of likely N-dealkylation sites (N-methyl/N-ethyl adjacent to an activating group) is 1. The lowest BCUT2D eigenvalue weighted by Crippen LogP contribution is -2.51. The summed E-state index contributed by atoms with van der Waals surface area (Å²) in [5.74, 6) is -0.675. The molecule has 0 amide bonds. The zero-order valence-corrected chi connectivity index (χ0v) is 13.6. The fourth-order valence-corrected chi connectivity index (χ4v) is 3.68. The number of aliphatic carboxylic acids is 1. The van der Waals surface area contributed by atoms with E-state index in [4.69, 9.17) is 0 Å². The van der Waals surface area contributed by atoms with E-state index in [2.05, 4.69) is 29.1 Å². The van der Waals surface area contributed by atoms with E-state index in [9.17, 15) is 9.90 Å². The smallest absolute Gasteiger partial charge is 0.323 e. The van der Waals surface area contributed by atoms with Crippen molar-refractivity contribution in [3.05, 3.63) is 0 Å². The van der Waals surface area contributed by atoms with Gasteiger partial charge in [0.1, 0.15) is 5.54 Å². The Hall–Kier alpha value is -0.650. The number of hydrogen-bond donors (Lipinski definition) is 2. The van der Waals surface area contributed by atoms with Gasteiger partial charge in [-0.2, -0.15) is 0 Å². The molecule has 0 spiro atoms. The molecule has 1 aliphatic heterocycles. The number of nitrogens with zero attached hydrogens (tertiary/aromatic N) is 2. The Morgan fingerprint density at radius 1 is 1.43 bits per heavy atom. The number of hydrogen-bond acceptors (Lipinski definition) is 4. The summed E-state index contributed by atoms with van der Waals surface area (Å²) in [6, 6.07) is 0.396. The van der Waals surface area contributed by atoms with Crippen molar-refractivity contribution < 1.29 is 9.90 Å². The minimum absolute atomic E-state index is 0.396. The molecule has 0 aromatic heterocycles. The zero-order valence-electron chi connectivity index (χ0n) is 13.6. The predicted octanol–water partition coefficient (Wildman–Crippen LogP) is 1.39. The van der Waals surface area contributed by atoms with Gasteiger partial charge in [-0.1, -0.05) is 6.92 Å². The molecule has 2 fully saturated rings. The summed E-state index contributed by atoms with van der Waals surface area (Å²) in [6.45, 7) is 7.50. The Balaban J connectivity index is 1.82. The Kier molecular flexibility index (Phi) is 6.02. The van der Waals surface area contributed by atoms with E-state index in [0.717, 1.165) is 45.3 Å². The predicted molar refractivity (Wildman–Crippen MR) is 84.6 cm³/mol. The number of rotatable bonds is 8. The molecule has 2 unspecified atom stereocenters. The van der Waals surface area contributed by atoms with E-state index in [-0.39, 0.29) is 0 Å². The summed E-state index contributed by atoms with van der Waals surface area (Å²) in [6.07, 6.45) is 6.11. The maximum Gasteiger partial charge on any atom is 0.323 e. The maximum atomic E-state index is 11.7. The highest BCUT2D eigenvalue weighted by Gasteiger charge is 2.45. The van der Waals surface area contributed by atoms with Gasteiger partial charge in [-0.05, 0) is 65.2 Å². The van der Waals surface area contributed by atoms with Gasteiger partial charge in [0.25, 0.3) is 0 Å². The molecular weight excluding hydrogens is 266 g/mol. The lowest BCUT2D eigenvalue weighted by molar-refractivity contribution is -0.144. The lowest BCUT2D eigenvalue weighted by atomic mass is 9.97. The molecule has 1 aliphatic carbocycles. The van der Waals surface area contributed by atoms with Crippen molar-refractivity contribution in [3.8, 4) is 0 Å². The topological polar surface area (TPSA) is 55.8 Å². The first-order valence-corrected chi connectivity index (χ1v) is 8.48. The second-order valence-electron chi connectivity index (χ2n) is 6.74. The average Bonchev–Trinajstić information content (AvgIpc) is 3.12. The summed E-state index contributed by atoms with van der Waals surface area (Å²) < 4.78 is 0. The number of carboxylic acids is 1. The molecule has 2 N–H and O–H groups in total. The van der Waals surface area contributed by atoms with Crippen LogP contribution in [0, 0.1) is 0 Å². The SMILES string of the molecule is CCCNC1(C(=O)O)CCC(N(C)CCN2CCCC2)C1. The Bertz CT molecular complexity index is 344. The highest BCUT2D eigenvalue weighted by molar-refractivity contribution is 5.79. The molecule has 2 rings (SSSR count). The minimum atomic E-state index is -0.692. The summed E-state index contributed by atoms with van der Waals surface area (Å²) >= 11 is 0. The van der Waals surface area contributed by atoms with Crippen LogP contribution >= 0.6 is 0 Å². The van der Waals surface area contributed by atoms with Crippen LogP contribution < -0.4 is 5.32 Å². The molecule has 0 aromatic carbocycles. The van der Waals surface area contributed by atoms with Gasteiger partial charge in [0.15, 0.2) is 0 Å². The van der Waals surface area contributed by atoms with Crippen molar-refractivity contribution in [2.75, 3.05) is 39.8 Å². The molecule has 1 saturated heterocycles. The highest BCUT2D eigenvalue weighted by atomic mass is 16.4. The lowest BCUT2D eigenvalue weighted by Gasteiger charge is -2.29. The average molecular weight is 297 g/mol. The maximum absolute atomic E-state index is 11.7. The standard InChI is InChI=1S/C16H31N3O2/c1-3-8-17-16(15(20)21)7-6-14(13-16)18(2)11-12-19-9-4-5-10-19/h14,17H,3-13H2,1-2H3,(H,20,21). The third-order valence-electron chi connectivity index (χ3n) is 5.20. The van der Waals surface area contributed by atoms with Crippen LogP contribution in [-0.4, -0.2) is 72.2 Å². The van der Waals surface area contributed by atoms with Gasteiger partial charge in [0.2, 0.25) is 0 Å². The van der Waals surface area contributed by atoms with Crippen LogP contribution in [0.1, 0.15) is 45.4 Å². The number of carbonyl (C=O) groups is 1. The molecular formula is C16H31N3O2. The fraction of sp³-hybridized carbons (Fsp3) is 0.938. The van der Waals surface area contributed by atoms with Crippen LogP contribution in [0.3, 0.4) is 0 Å². The van der Waals surface area contributed by atoms with E-state index >= 15 is 0 Å². The second kappa shape index (κ2) is 7.56. The van der Waals surface area contributed by atoms with Crippen molar-refractivity contribution in [1.29, 1.82) is 0 Å². The molecule has 5 heteroatoms. The van der Waals surface area contributed by atoms with Gasteiger partial charge in [-0.25, -0.2) is 0 Å². The highest BCUT2D eigenvalue weighted by Crippen LogP contribution is 2.33. The Labute approximate surface area is 128 Å². The minimum Gasteiger partial charge on any atom is -0.480 e. The summed E-state index contributed by atoms with van der Waals surface area (Å²) in [4.78, 5) is 16.6. The first-order chi connectivity index (χ1) is 10.1. The van der Waals surface area contributed by atoms with Crippen molar-refractivity contribution >= 4 is 5.97 Å². The van der Waals surface area contributed by atoms with E-state index in [0.29, 0.717) is 6.04 Å². The molecule has 21 heavy (non-hydrogen) atoms. The quantitative estimate of drug-likeness (QED) is 0.709. The molecule has 2 aliphatic rings. The third kappa shape index (κ3) is 4.18. The summed E-state index contributed by atoms with van der Waals surface area (Å²) in [5, 5.41) is 12.9. The van der Waals surface area contributed by atoms with Crippen LogP contribution in [0.5, 0.6) is 0 Å². The van der Waals surface area contributed by atoms with Gasteiger partial charge >= 0.3 is 5.97 Å². The van der Waals surface area contributed by atoms with Gasteiger partial charge in [-0.3, -0.25) is 4.79 Å². The van der Waals surface area contributed by atoms with Gasteiger partial charge in [0, 0.05) is 19.1 Å². The molecule has 0 bridgehead atoms. The molecule has 1 heterocycles. The molecule has 0 radical (unpaired) electrons. The molecule has 1 saturated carbocycles. The van der Waals surface area contributed by atoms with Crippen molar-refractivity contribution in [2.24, 2.45) is 0 Å². The molecule has 122 valence electrons. The number of likely N-dealkylation sites (tertiary alicyclic amines) is 1. The molecule has 0 aromatic rings. The van der Waals surface area contributed by atoms with Crippen LogP contribution in [-0.2, 0) is 4.79 Å². The Morgan fingerprint density at radius 3 is 2.76 bits per heavy atom. The largest absolute Gasteiger partial charge is 0.480 e. The zero-order chi connectivity index (χ0) is 15.3. The van der Waals surface area contributed by atoms with Crippen LogP contribution in [0.2, 0.25) is 0 Å². The molecule has 5 nitrogen and oxygen atoms in total. The first-order valence-electron chi connectivity index (χ1n) is 8.48. The first kappa shape index (κ1) is 16.7. The second-order valence-corrected chi connectivity index (χ2v) is 6.74. The monoisotopic (exact) mass is 297 g/mol. The van der Waals surface area contributed by atoms with Gasteiger partial charge in [0.05, 0.1) is 0 Å². The van der Waals surface area contributed by atoms with E-state index < -0.39 is 11.5 Å². The van der Waals surface area contributed by atoms with E-state index in [1.807, 2.05) is 0 Å². The third-order valence-corrected chi connectivity index (χ3v) is 5.20. The van der Waals surface area contributed by atoms with E-state index in [1.54, 1.807) is 0 Å². The number of nitrogens with one attached hydrogen (secondary N) is 1. The van der Waals surface area contributed by atoms with Crippen molar-refractivity contribution in [2.45, 2.75) is 57.0 Å². The van der Waals surface area contributed by atoms with Crippen LogP contribution in [0.25, 0.3) is 0 Å². The van der Waals surface area contributed by atoms with Crippen molar-refractivity contribution in [1.82, 2.24) is 15.1 Å². The van der Waals surface area contributed by atoms with E-state index in [1.165, 1.54) is 25.9 Å². The summed E-state index contributed by atoms with van der Waals surface area (Å²) in [7, 11) is 2.15. The fourth-order valence-electron chi connectivity index (χ4n) is 3.68. The van der Waals surface area contributed by atoms with Crippen molar-refractivity contribution in [3.63, 3.8) is 0 Å². The number of carboxylic acid groups (broad SMARTS) is 1. The summed E-state index contributed by atoms with van der Waals surface area (Å²) in [5.41, 5.74) is -0.692. The molecule has 2 atom stereocenters.